The first kappa shape index (κ1) is 8.37. The largest absolute Gasteiger partial charge is 0.328 e. The maximum absolute atomic E-state index is 11.4. The van der Waals surface area contributed by atoms with E-state index in [9.17, 15) is 4.79 Å². The number of urea groups is 1. The highest BCUT2D eigenvalue weighted by molar-refractivity contribution is 5.74. The van der Waals surface area contributed by atoms with Crippen LogP contribution < -0.4 is 0 Å². The van der Waals surface area contributed by atoms with Crippen molar-refractivity contribution in [1.82, 2.24) is 9.80 Å². The van der Waals surface area contributed by atoms with Gasteiger partial charge < -0.3 is 9.80 Å². The Morgan fingerprint density at radius 2 is 2.09 bits per heavy atom. The van der Waals surface area contributed by atoms with Crippen LogP contribution in [0.1, 0.15) is 19.8 Å². The van der Waals surface area contributed by atoms with Gasteiger partial charge in [0.15, 0.2) is 0 Å². The van der Waals surface area contributed by atoms with Gasteiger partial charge in [-0.1, -0.05) is 0 Å². The molecule has 0 aromatic carbocycles. The minimum absolute atomic E-state index is 0.148. The summed E-state index contributed by atoms with van der Waals surface area (Å²) in [6.45, 7) is 2.99. The predicted octanol–water partition coefficient (Wildman–Crippen LogP) is 1.15. The van der Waals surface area contributed by atoms with Crippen molar-refractivity contribution < 1.29 is 4.79 Å². The summed E-state index contributed by atoms with van der Waals surface area (Å²) in [7, 11) is 3.73. The molecular weight excluding hydrogens is 140 g/mol. The number of amides is 2. The summed E-state index contributed by atoms with van der Waals surface area (Å²) >= 11 is 0. The molecule has 0 saturated carbocycles. The van der Waals surface area contributed by atoms with Crippen LogP contribution in [0.15, 0.2) is 0 Å². The second-order valence-electron chi connectivity index (χ2n) is 3.31. The summed E-state index contributed by atoms with van der Waals surface area (Å²) in [6.07, 6.45) is 2.24. The number of carbonyl (C=O) groups is 1. The van der Waals surface area contributed by atoms with Gasteiger partial charge in [0.2, 0.25) is 0 Å². The fourth-order valence-electron chi connectivity index (χ4n) is 1.37. The molecule has 2 amide bonds. The first-order valence-electron chi connectivity index (χ1n) is 4.11. The van der Waals surface area contributed by atoms with Gasteiger partial charge in [-0.2, -0.15) is 0 Å². The Morgan fingerprint density at radius 3 is 2.73 bits per heavy atom. The number of hydrogen-bond donors (Lipinski definition) is 0. The fraction of sp³-hybridized carbons (Fsp3) is 0.875. The van der Waals surface area contributed by atoms with Gasteiger partial charge in [-0.15, -0.1) is 0 Å². The van der Waals surface area contributed by atoms with Crippen molar-refractivity contribution in [2.75, 3.05) is 20.6 Å². The predicted molar refractivity (Wildman–Crippen MR) is 44.5 cm³/mol. The Balaban J connectivity index is 2.66. The first-order chi connectivity index (χ1) is 5.13. The third-order valence-electron chi connectivity index (χ3n) is 2.40. The molecule has 64 valence electrons. The molecule has 11 heavy (non-hydrogen) atoms. The van der Waals surface area contributed by atoms with Crippen molar-refractivity contribution in [2.24, 2.45) is 0 Å². The summed E-state index contributed by atoms with van der Waals surface area (Å²) < 4.78 is 0. The maximum Gasteiger partial charge on any atom is 0.319 e. The van der Waals surface area contributed by atoms with E-state index < -0.39 is 0 Å². The van der Waals surface area contributed by atoms with Gasteiger partial charge in [0.1, 0.15) is 0 Å². The molecule has 1 aliphatic heterocycles. The minimum Gasteiger partial charge on any atom is -0.328 e. The fourth-order valence-corrected chi connectivity index (χ4v) is 1.37. The van der Waals surface area contributed by atoms with E-state index in [1.54, 1.807) is 4.90 Å². The lowest BCUT2D eigenvalue weighted by molar-refractivity contribution is 0.170. The highest BCUT2D eigenvalue weighted by atomic mass is 16.2. The number of carbonyl (C=O) groups excluding carboxylic acids is 1. The SMILES string of the molecule is C[C@@H]1CCCN(C)C(=O)N1C. The second-order valence-corrected chi connectivity index (χ2v) is 3.31. The summed E-state index contributed by atoms with van der Waals surface area (Å²) in [5.41, 5.74) is 0. The van der Waals surface area contributed by atoms with Gasteiger partial charge in [0.25, 0.3) is 0 Å². The molecule has 0 radical (unpaired) electrons. The number of nitrogens with zero attached hydrogens (tertiary/aromatic N) is 2. The molecule has 1 rings (SSSR count). The molecule has 1 atom stereocenters. The van der Waals surface area contributed by atoms with Crippen LogP contribution in [0.5, 0.6) is 0 Å². The lowest BCUT2D eigenvalue weighted by atomic mass is 10.2. The van der Waals surface area contributed by atoms with Crippen molar-refractivity contribution in [1.29, 1.82) is 0 Å². The van der Waals surface area contributed by atoms with Crippen LogP contribution in [0.4, 0.5) is 4.79 Å². The highest BCUT2D eigenvalue weighted by Gasteiger charge is 2.22. The normalized spacial score (nSPS) is 27.2. The van der Waals surface area contributed by atoms with Crippen LogP contribution in [0.3, 0.4) is 0 Å². The van der Waals surface area contributed by atoms with Crippen LogP contribution in [-0.2, 0) is 0 Å². The molecule has 1 fully saturated rings. The van der Waals surface area contributed by atoms with Gasteiger partial charge in [0, 0.05) is 26.7 Å². The Hall–Kier alpha value is -0.730. The molecule has 1 saturated heterocycles. The van der Waals surface area contributed by atoms with Crippen molar-refractivity contribution in [3.63, 3.8) is 0 Å². The molecule has 0 aromatic heterocycles. The first-order valence-corrected chi connectivity index (χ1v) is 4.11. The molecule has 0 N–H and O–H groups in total. The van der Waals surface area contributed by atoms with Crippen molar-refractivity contribution in [3.8, 4) is 0 Å². The summed E-state index contributed by atoms with van der Waals surface area (Å²) in [5, 5.41) is 0. The van der Waals surface area contributed by atoms with Gasteiger partial charge >= 0.3 is 6.03 Å². The van der Waals surface area contributed by atoms with E-state index in [1.165, 1.54) is 0 Å². The lowest BCUT2D eigenvalue weighted by Crippen LogP contribution is -2.40. The van der Waals surface area contributed by atoms with E-state index in [4.69, 9.17) is 0 Å². The Labute approximate surface area is 68.0 Å². The van der Waals surface area contributed by atoms with E-state index in [1.807, 2.05) is 19.0 Å². The average molecular weight is 156 g/mol. The minimum atomic E-state index is 0.148. The van der Waals surface area contributed by atoms with Crippen molar-refractivity contribution >= 4 is 6.03 Å². The van der Waals surface area contributed by atoms with E-state index in [-0.39, 0.29) is 6.03 Å². The topological polar surface area (TPSA) is 23.6 Å². The zero-order valence-electron chi connectivity index (χ0n) is 7.50. The molecule has 0 unspecified atom stereocenters. The molecule has 0 aromatic rings. The third kappa shape index (κ3) is 1.64. The molecule has 0 aliphatic carbocycles. The molecular formula is C8H16N2O. The Bertz CT molecular complexity index is 158. The van der Waals surface area contributed by atoms with E-state index in [0.29, 0.717) is 6.04 Å². The van der Waals surface area contributed by atoms with Gasteiger partial charge in [-0.05, 0) is 19.8 Å². The van der Waals surface area contributed by atoms with E-state index >= 15 is 0 Å². The quantitative estimate of drug-likeness (QED) is 0.516. The lowest BCUT2D eigenvalue weighted by Gasteiger charge is -2.24. The Kier molecular flexibility index (Phi) is 2.37. The second kappa shape index (κ2) is 3.11. The summed E-state index contributed by atoms with van der Waals surface area (Å²) in [6, 6.07) is 0.544. The number of rotatable bonds is 0. The third-order valence-corrected chi connectivity index (χ3v) is 2.40. The van der Waals surface area contributed by atoms with Crippen LogP contribution in [0.2, 0.25) is 0 Å². The van der Waals surface area contributed by atoms with Crippen LogP contribution >= 0.6 is 0 Å². The van der Waals surface area contributed by atoms with E-state index in [2.05, 4.69) is 6.92 Å². The van der Waals surface area contributed by atoms with Gasteiger partial charge in [-0.25, -0.2) is 4.79 Å². The summed E-state index contributed by atoms with van der Waals surface area (Å²) in [5.74, 6) is 0. The maximum atomic E-state index is 11.4. The van der Waals surface area contributed by atoms with Crippen LogP contribution in [0, 0.1) is 0 Å². The molecule has 1 heterocycles. The monoisotopic (exact) mass is 156 g/mol. The molecule has 3 heteroatoms. The van der Waals surface area contributed by atoms with Crippen LogP contribution in [0.25, 0.3) is 0 Å². The standard InChI is InChI=1S/C8H16N2O/c1-7-5-4-6-9(2)8(11)10(7)3/h7H,4-6H2,1-3H3/t7-/m1/s1. The van der Waals surface area contributed by atoms with Gasteiger partial charge in [-0.3, -0.25) is 0 Å². The van der Waals surface area contributed by atoms with Crippen molar-refractivity contribution in [3.05, 3.63) is 0 Å². The molecule has 3 nitrogen and oxygen atoms in total. The number of hydrogen-bond acceptors (Lipinski definition) is 1. The van der Waals surface area contributed by atoms with E-state index in [0.717, 1.165) is 19.4 Å². The average Bonchev–Trinajstić information content (AvgIpc) is 2.07. The van der Waals surface area contributed by atoms with Gasteiger partial charge in [0.05, 0.1) is 0 Å². The van der Waals surface area contributed by atoms with Crippen LogP contribution in [-0.4, -0.2) is 42.5 Å². The molecule has 0 spiro atoms. The highest BCUT2D eigenvalue weighted by Crippen LogP contribution is 2.11. The van der Waals surface area contributed by atoms with Crippen molar-refractivity contribution in [2.45, 2.75) is 25.8 Å². The zero-order valence-corrected chi connectivity index (χ0v) is 7.50. The smallest absolute Gasteiger partial charge is 0.319 e. The Morgan fingerprint density at radius 1 is 1.45 bits per heavy atom. The zero-order chi connectivity index (χ0) is 8.43. The summed E-state index contributed by atoms with van der Waals surface area (Å²) in [4.78, 5) is 15.0. The molecule has 0 bridgehead atoms. The molecule has 1 aliphatic rings.